The Morgan fingerprint density at radius 2 is 2.21 bits per heavy atom. The van der Waals surface area contributed by atoms with E-state index in [1.807, 2.05) is 17.8 Å². The molecule has 2 rings (SSSR count). The van der Waals surface area contributed by atoms with Crippen molar-refractivity contribution in [3.63, 3.8) is 0 Å². The number of rotatable bonds is 6. The molecule has 1 aromatic carbocycles. The second-order valence-corrected chi connectivity index (χ2v) is 5.86. The molecule has 1 aromatic heterocycles. The fraction of sp³-hybridized carbons (Fsp3) is 0.400. The average Bonchev–Trinajstić information content (AvgIpc) is 2.80. The van der Waals surface area contributed by atoms with Gasteiger partial charge < -0.3 is 5.11 Å². The molecule has 0 aliphatic heterocycles. The molecule has 4 heteroatoms. The zero-order valence-electron chi connectivity index (χ0n) is 11.4. The van der Waals surface area contributed by atoms with Crippen molar-refractivity contribution in [2.45, 2.75) is 30.8 Å². The maximum Gasteiger partial charge on any atom is 0.0637 e. The van der Waals surface area contributed by atoms with Gasteiger partial charge in [0, 0.05) is 29.6 Å². The van der Waals surface area contributed by atoms with Gasteiger partial charge in [-0.15, -0.1) is 11.8 Å². The summed E-state index contributed by atoms with van der Waals surface area (Å²) in [5, 5.41) is 14.1. The number of aliphatic hydroxyl groups excluding tert-OH is 1. The van der Waals surface area contributed by atoms with E-state index in [2.05, 4.69) is 36.3 Å². The second kappa shape index (κ2) is 6.78. The fourth-order valence-corrected chi connectivity index (χ4v) is 2.94. The van der Waals surface area contributed by atoms with Crippen molar-refractivity contribution in [1.29, 1.82) is 0 Å². The van der Waals surface area contributed by atoms with Crippen LogP contribution in [0.15, 0.2) is 41.4 Å². The number of aromatic nitrogens is 2. The Kier molecular flexibility index (Phi) is 5.05. The van der Waals surface area contributed by atoms with E-state index >= 15 is 0 Å². The van der Waals surface area contributed by atoms with Gasteiger partial charge in [0.05, 0.1) is 6.10 Å². The number of aliphatic hydroxyl groups is 1. The molecular formula is C15H20N2OS. The summed E-state index contributed by atoms with van der Waals surface area (Å²) in [5.41, 5.74) is 2.42. The molecule has 102 valence electrons. The molecule has 1 atom stereocenters. The molecule has 1 unspecified atom stereocenters. The third kappa shape index (κ3) is 4.40. The Hall–Kier alpha value is -1.26. The molecule has 2 aromatic rings. The monoisotopic (exact) mass is 276 g/mol. The van der Waals surface area contributed by atoms with Gasteiger partial charge in [0.15, 0.2) is 0 Å². The van der Waals surface area contributed by atoms with E-state index in [-0.39, 0.29) is 6.10 Å². The molecule has 1 heterocycles. The summed E-state index contributed by atoms with van der Waals surface area (Å²) < 4.78 is 1.86. The summed E-state index contributed by atoms with van der Waals surface area (Å²) in [6.07, 6.45) is 3.16. The van der Waals surface area contributed by atoms with E-state index in [0.717, 1.165) is 18.6 Å². The minimum absolute atomic E-state index is 0.277. The highest BCUT2D eigenvalue weighted by Gasteiger charge is 2.07. The first-order valence-corrected chi connectivity index (χ1v) is 7.48. The van der Waals surface area contributed by atoms with E-state index in [1.54, 1.807) is 18.0 Å². The zero-order valence-corrected chi connectivity index (χ0v) is 12.2. The summed E-state index contributed by atoms with van der Waals surface area (Å²) in [5.74, 6) is 0.737. The number of aryl methyl sites for hydroxylation is 3. The standard InChI is InChI=1S/C15H20N2OS/c1-12-4-3-5-15(10-12)19-11-14(18)7-6-13-8-9-16-17(13)2/h3-5,8-10,14,18H,6-7,11H2,1-2H3. The maximum atomic E-state index is 10.0. The van der Waals surface area contributed by atoms with Crippen molar-refractivity contribution >= 4 is 11.8 Å². The van der Waals surface area contributed by atoms with Crippen molar-refractivity contribution in [2.24, 2.45) is 7.05 Å². The van der Waals surface area contributed by atoms with E-state index in [4.69, 9.17) is 0 Å². The Balaban J connectivity index is 1.76. The Labute approximate surface area is 118 Å². The van der Waals surface area contributed by atoms with Gasteiger partial charge in [-0.3, -0.25) is 4.68 Å². The van der Waals surface area contributed by atoms with Gasteiger partial charge in [0.1, 0.15) is 0 Å². The molecule has 1 N–H and O–H groups in total. The van der Waals surface area contributed by atoms with E-state index in [0.29, 0.717) is 0 Å². The SMILES string of the molecule is Cc1cccc(SCC(O)CCc2ccnn2C)c1. The average molecular weight is 276 g/mol. The molecule has 0 bridgehead atoms. The fourth-order valence-electron chi connectivity index (χ4n) is 1.94. The van der Waals surface area contributed by atoms with Crippen LogP contribution >= 0.6 is 11.8 Å². The van der Waals surface area contributed by atoms with Crippen LogP contribution in [0.3, 0.4) is 0 Å². The summed E-state index contributed by atoms with van der Waals surface area (Å²) in [6.45, 7) is 2.09. The lowest BCUT2D eigenvalue weighted by atomic mass is 10.2. The normalized spacial score (nSPS) is 12.6. The van der Waals surface area contributed by atoms with Crippen molar-refractivity contribution in [2.75, 3.05) is 5.75 Å². The quantitative estimate of drug-likeness (QED) is 0.825. The van der Waals surface area contributed by atoms with Crippen molar-refractivity contribution in [1.82, 2.24) is 9.78 Å². The van der Waals surface area contributed by atoms with Gasteiger partial charge in [0.25, 0.3) is 0 Å². The first-order valence-electron chi connectivity index (χ1n) is 6.49. The van der Waals surface area contributed by atoms with Crippen LogP contribution in [0.4, 0.5) is 0 Å². The topological polar surface area (TPSA) is 38.1 Å². The highest BCUT2D eigenvalue weighted by atomic mass is 32.2. The van der Waals surface area contributed by atoms with Crippen LogP contribution in [0.2, 0.25) is 0 Å². The Morgan fingerprint density at radius 1 is 1.37 bits per heavy atom. The van der Waals surface area contributed by atoms with Crippen LogP contribution in [0.25, 0.3) is 0 Å². The molecule has 0 spiro atoms. The molecule has 0 saturated carbocycles. The highest BCUT2D eigenvalue weighted by Crippen LogP contribution is 2.20. The summed E-state index contributed by atoms with van der Waals surface area (Å²) in [7, 11) is 1.93. The lowest BCUT2D eigenvalue weighted by molar-refractivity contribution is 0.188. The number of hydrogen-bond acceptors (Lipinski definition) is 3. The van der Waals surface area contributed by atoms with Gasteiger partial charge >= 0.3 is 0 Å². The summed E-state index contributed by atoms with van der Waals surface area (Å²) in [4.78, 5) is 1.22. The van der Waals surface area contributed by atoms with Crippen molar-refractivity contribution in [3.05, 3.63) is 47.8 Å². The van der Waals surface area contributed by atoms with Crippen LogP contribution in [0.5, 0.6) is 0 Å². The number of nitrogens with zero attached hydrogens (tertiary/aromatic N) is 2. The minimum Gasteiger partial charge on any atom is -0.392 e. The van der Waals surface area contributed by atoms with E-state index in [1.165, 1.54) is 16.2 Å². The first-order chi connectivity index (χ1) is 9.15. The predicted molar refractivity (Wildman–Crippen MR) is 79.4 cm³/mol. The Bertz CT molecular complexity index is 524. The van der Waals surface area contributed by atoms with Crippen molar-refractivity contribution < 1.29 is 5.11 Å². The van der Waals surface area contributed by atoms with Gasteiger partial charge in [-0.2, -0.15) is 5.10 Å². The third-order valence-electron chi connectivity index (χ3n) is 3.09. The smallest absolute Gasteiger partial charge is 0.0637 e. The molecule has 19 heavy (non-hydrogen) atoms. The zero-order chi connectivity index (χ0) is 13.7. The lowest BCUT2D eigenvalue weighted by Gasteiger charge is -2.10. The molecule has 0 saturated heterocycles. The molecule has 0 aliphatic carbocycles. The minimum atomic E-state index is -0.277. The second-order valence-electron chi connectivity index (χ2n) is 4.77. The highest BCUT2D eigenvalue weighted by molar-refractivity contribution is 7.99. The van der Waals surface area contributed by atoms with Crippen LogP contribution < -0.4 is 0 Å². The van der Waals surface area contributed by atoms with Gasteiger partial charge in [-0.25, -0.2) is 0 Å². The maximum absolute atomic E-state index is 10.0. The predicted octanol–water partition coefficient (Wildman–Crippen LogP) is 2.81. The van der Waals surface area contributed by atoms with Crippen LogP contribution in [0, 0.1) is 6.92 Å². The molecular weight excluding hydrogens is 256 g/mol. The molecule has 0 amide bonds. The lowest BCUT2D eigenvalue weighted by Crippen LogP contribution is -2.12. The molecule has 0 fully saturated rings. The van der Waals surface area contributed by atoms with Crippen LogP contribution in [0.1, 0.15) is 17.7 Å². The van der Waals surface area contributed by atoms with Crippen molar-refractivity contribution in [3.8, 4) is 0 Å². The van der Waals surface area contributed by atoms with E-state index in [9.17, 15) is 5.11 Å². The first kappa shape index (κ1) is 14.2. The number of hydrogen-bond donors (Lipinski definition) is 1. The van der Waals surface area contributed by atoms with Crippen LogP contribution in [-0.4, -0.2) is 26.7 Å². The van der Waals surface area contributed by atoms with Gasteiger partial charge in [-0.1, -0.05) is 17.7 Å². The summed E-state index contributed by atoms with van der Waals surface area (Å²) >= 11 is 1.71. The largest absolute Gasteiger partial charge is 0.392 e. The van der Waals surface area contributed by atoms with E-state index < -0.39 is 0 Å². The summed E-state index contributed by atoms with van der Waals surface area (Å²) in [6, 6.07) is 10.4. The Morgan fingerprint density at radius 3 is 2.89 bits per heavy atom. The van der Waals surface area contributed by atoms with Gasteiger partial charge in [0.2, 0.25) is 0 Å². The molecule has 0 aliphatic rings. The molecule has 3 nitrogen and oxygen atoms in total. The number of benzene rings is 1. The van der Waals surface area contributed by atoms with Crippen LogP contribution in [-0.2, 0) is 13.5 Å². The third-order valence-corrected chi connectivity index (χ3v) is 4.23. The van der Waals surface area contributed by atoms with Gasteiger partial charge in [-0.05, 0) is 38.0 Å². The molecule has 0 radical (unpaired) electrons. The number of thioether (sulfide) groups is 1.